The Kier molecular flexibility index (Phi) is 7.49. The van der Waals surface area contributed by atoms with Crippen LogP contribution in [0.5, 0.6) is 0 Å². The van der Waals surface area contributed by atoms with E-state index in [4.69, 9.17) is 15.0 Å². The lowest BCUT2D eigenvalue weighted by Crippen LogP contribution is -1.97. The van der Waals surface area contributed by atoms with Crippen molar-refractivity contribution in [3.63, 3.8) is 0 Å². The van der Waals surface area contributed by atoms with Crippen molar-refractivity contribution >= 4 is 54.0 Å². The van der Waals surface area contributed by atoms with Gasteiger partial charge in [0.05, 0.1) is 22.6 Å². The fourth-order valence-electron chi connectivity index (χ4n) is 8.18. The molecule has 56 heavy (non-hydrogen) atoms. The zero-order valence-corrected chi connectivity index (χ0v) is 30.4. The molecule has 0 spiro atoms. The molecule has 11 aromatic rings. The smallest absolute Gasteiger partial charge is 0.160 e. The molecule has 2 aromatic heterocycles. The van der Waals surface area contributed by atoms with Crippen molar-refractivity contribution < 1.29 is 0 Å². The zero-order valence-electron chi connectivity index (χ0n) is 30.4. The number of rotatable bonds is 5. The fourth-order valence-corrected chi connectivity index (χ4v) is 8.18. The Morgan fingerprint density at radius 1 is 0.268 bits per heavy atom. The van der Waals surface area contributed by atoms with E-state index in [1.165, 1.54) is 48.8 Å². The van der Waals surface area contributed by atoms with Crippen LogP contribution in [-0.4, -0.2) is 15.0 Å². The first-order valence-corrected chi connectivity index (χ1v) is 19.0. The molecule has 0 aliphatic carbocycles. The first kappa shape index (κ1) is 32.0. The zero-order chi connectivity index (χ0) is 37.0. The van der Waals surface area contributed by atoms with Gasteiger partial charge in [0.2, 0.25) is 0 Å². The number of benzene rings is 9. The third-order valence-electron chi connectivity index (χ3n) is 11.0. The fraction of sp³-hybridized carbons (Fsp3) is 0. The van der Waals surface area contributed by atoms with E-state index in [0.29, 0.717) is 5.82 Å². The van der Waals surface area contributed by atoms with Gasteiger partial charge in [-0.25, -0.2) is 15.0 Å². The van der Waals surface area contributed by atoms with E-state index in [1.54, 1.807) is 0 Å². The molecule has 2 heterocycles. The molecule has 0 unspecified atom stereocenters. The Labute approximate surface area is 324 Å². The van der Waals surface area contributed by atoms with Gasteiger partial charge in [0.15, 0.2) is 5.82 Å². The highest BCUT2D eigenvalue weighted by molar-refractivity contribution is 6.22. The molecule has 0 aliphatic heterocycles. The normalized spacial score (nSPS) is 11.6. The molecule has 11 rings (SSSR count). The van der Waals surface area contributed by atoms with Crippen molar-refractivity contribution in [3.8, 4) is 56.3 Å². The third-order valence-corrected chi connectivity index (χ3v) is 11.0. The summed E-state index contributed by atoms with van der Waals surface area (Å²) in [5, 5.41) is 10.6. The number of fused-ring (bicyclic) bond motifs is 7. The van der Waals surface area contributed by atoms with Crippen LogP contribution in [0.1, 0.15) is 0 Å². The molecule has 0 bridgehead atoms. The van der Waals surface area contributed by atoms with E-state index in [0.717, 1.165) is 55.6 Å². The molecular weight excluding hydrogens is 679 g/mol. The van der Waals surface area contributed by atoms with Crippen molar-refractivity contribution in [3.05, 3.63) is 200 Å². The van der Waals surface area contributed by atoms with Gasteiger partial charge in [-0.1, -0.05) is 164 Å². The van der Waals surface area contributed by atoms with Crippen molar-refractivity contribution in [2.24, 2.45) is 0 Å². The molecule has 3 heteroatoms. The minimum atomic E-state index is 0.670. The van der Waals surface area contributed by atoms with E-state index < -0.39 is 0 Å². The molecule has 0 aliphatic rings. The lowest BCUT2D eigenvalue weighted by atomic mass is 9.93. The van der Waals surface area contributed by atoms with Crippen LogP contribution in [0.4, 0.5) is 0 Å². The van der Waals surface area contributed by atoms with Crippen LogP contribution in [0.15, 0.2) is 200 Å². The van der Waals surface area contributed by atoms with Gasteiger partial charge in [0.1, 0.15) is 0 Å². The average molecular weight is 712 g/mol. The number of hydrogen-bond acceptors (Lipinski definition) is 3. The Hall–Kier alpha value is -7.49. The molecule has 0 radical (unpaired) electrons. The second-order valence-electron chi connectivity index (χ2n) is 14.4. The van der Waals surface area contributed by atoms with Crippen LogP contribution in [0.3, 0.4) is 0 Å². The third kappa shape index (κ3) is 5.57. The molecule has 9 aromatic carbocycles. The summed E-state index contributed by atoms with van der Waals surface area (Å²) in [6.07, 6.45) is 0. The Bertz CT molecular complexity index is 3220. The molecule has 0 saturated carbocycles. The summed E-state index contributed by atoms with van der Waals surface area (Å²) in [5.41, 5.74) is 10.1. The Morgan fingerprint density at radius 2 is 0.839 bits per heavy atom. The first-order chi connectivity index (χ1) is 27.7. The van der Waals surface area contributed by atoms with E-state index >= 15 is 0 Å². The molecule has 0 fully saturated rings. The highest BCUT2D eigenvalue weighted by atomic mass is 14.9. The van der Waals surface area contributed by atoms with Gasteiger partial charge in [-0.05, 0) is 79.8 Å². The van der Waals surface area contributed by atoms with Crippen LogP contribution >= 0.6 is 0 Å². The van der Waals surface area contributed by atoms with Crippen LogP contribution in [-0.2, 0) is 0 Å². The van der Waals surface area contributed by atoms with Crippen LogP contribution in [0.2, 0.25) is 0 Å². The monoisotopic (exact) mass is 711 g/mol. The maximum absolute atomic E-state index is 5.40. The van der Waals surface area contributed by atoms with Crippen molar-refractivity contribution in [1.29, 1.82) is 0 Å². The summed E-state index contributed by atoms with van der Waals surface area (Å²) in [4.78, 5) is 15.9. The van der Waals surface area contributed by atoms with E-state index in [-0.39, 0.29) is 0 Å². The van der Waals surface area contributed by atoms with Gasteiger partial charge >= 0.3 is 0 Å². The standard InChI is InChI=1S/C53H33N3/c1-2-11-34(12-3-1)40-26-28-48-47(32-40)51-45-20-9-8-15-37(45)25-27-46(51)52(54-48)43-18-10-19-44(31-43)53-55-49(41-23-21-35-13-4-6-16-38(35)29-41)33-50(56-53)42-24-22-36-14-5-7-17-39(36)30-42/h1-33H. The van der Waals surface area contributed by atoms with E-state index in [9.17, 15) is 0 Å². The summed E-state index contributed by atoms with van der Waals surface area (Å²) in [6.45, 7) is 0. The second kappa shape index (κ2) is 13.1. The predicted octanol–water partition coefficient (Wildman–Crippen LogP) is 14.0. The second-order valence-corrected chi connectivity index (χ2v) is 14.4. The topological polar surface area (TPSA) is 38.7 Å². The number of aromatic nitrogens is 3. The van der Waals surface area contributed by atoms with Gasteiger partial charge < -0.3 is 0 Å². The summed E-state index contributed by atoms with van der Waals surface area (Å²) in [6, 6.07) is 71.0. The number of pyridine rings is 1. The van der Waals surface area contributed by atoms with Crippen LogP contribution < -0.4 is 0 Å². The minimum Gasteiger partial charge on any atom is -0.247 e. The summed E-state index contributed by atoms with van der Waals surface area (Å²) in [5.74, 6) is 0.670. The summed E-state index contributed by atoms with van der Waals surface area (Å²) >= 11 is 0. The lowest BCUT2D eigenvalue weighted by Gasteiger charge is -2.15. The van der Waals surface area contributed by atoms with Crippen molar-refractivity contribution in [1.82, 2.24) is 15.0 Å². The maximum Gasteiger partial charge on any atom is 0.160 e. The van der Waals surface area contributed by atoms with Crippen molar-refractivity contribution in [2.75, 3.05) is 0 Å². The number of hydrogen-bond donors (Lipinski definition) is 0. The van der Waals surface area contributed by atoms with Crippen molar-refractivity contribution in [2.45, 2.75) is 0 Å². The van der Waals surface area contributed by atoms with Gasteiger partial charge in [-0.3, -0.25) is 0 Å². The van der Waals surface area contributed by atoms with Gasteiger partial charge in [0.25, 0.3) is 0 Å². The maximum atomic E-state index is 5.40. The molecule has 0 amide bonds. The highest BCUT2D eigenvalue weighted by Gasteiger charge is 2.17. The quantitative estimate of drug-likeness (QED) is 0.167. The molecule has 0 atom stereocenters. The summed E-state index contributed by atoms with van der Waals surface area (Å²) in [7, 11) is 0. The molecule has 0 N–H and O–H groups in total. The molecule has 0 saturated heterocycles. The number of nitrogens with zero attached hydrogens (tertiary/aromatic N) is 3. The van der Waals surface area contributed by atoms with Crippen LogP contribution in [0, 0.1) is 0 Å². The van der Waals surface area contributed by atoms with E-state index in [1.807, 2.05) is 0 Å². The van der Waals surface area contributed by atoms with Gasteiger partial charge in [-0.15, -0.1) is 0 Å². The SMILES string of the molecule is c1ccc(-c2ccc3nc(-c4cccc(-c5nc(-c6ccc7ccccc7c6)cc(-c6ccc7ccccc7c6)n5)c4)c4ccc5ccccc5c4c3c2)cc1. The first-order valence-electron chi connectivity index (χ1n) is 19.0. The lowest BCUT2D eigenvalue weighted by molar-refractivity contribution is 1.18. The Morgan fingerprint density at radius 3 is 1.55 bits per heavy atom. The van der Waals surface area contributed by atoms with Crippen LogP contribution in [0.25, 0.3) is 110 Å². The van der Waals surface area contributed by atoms with E-state index in [2.05, 4.69) is 200 Å². The van der Waals surface area contributed by atoms with Gasteiger partial charge in [-0.2, -0.15) is 0 Å². The molecule has 260 valence electrons. The average Bonchev–Trinajstić information content (AvgIpc) is 3.28. The minimum absolute atomic E-state index is 0.670. The Balaban J connectivity index is 1.11. The predicted molar refractivity (Wildman–Crippen MR) is 235 cm³/mol. The molecular formula is C53H33N3. The summed E-state index contributed by atoms with van der Waals surface area (Å²) < 4.78 is 0. The largest absolute Gasteiger partial charge is 0.247 e. The highest BCUT2D eigenvalue weighted by Crippen LogP contribution is 2.40. The van der Waals surface area contributed by atoms with Gasteiger partial charge in [0, 0.05) is 38.4 Å². The molecule has 3 nitrogen and oxygen atoms in total.